The summed E-state index contributed by atoms with van der Waals surface area (Å²) in [4.78, 5) is 12.8. The number of nitrogens with one attached hydrogen (secondary N) is 1. The Morgan fingerprint density at radius 1 is 1.21 bits per heavy atom. The van der Waals surface area contributed by atoms with Crippen molar-refractivity contribution in [3.05, 3.63) is 64.4 Å². The van der Waals surface area contributed by atoms with Gasteiger partial charge in [0.2, 0.25) is 0 Å². The van der Waals surface area contributed by atoms with E-state index >= 15 is 0 Å². The number of halogens is 1. The van der Waals surface area contributed by atoms with Gasteiger partial charge in [0.25, 0.3) is 5.91 Å². The van der Waals surface area contributed by atoms with E-state index in [1.54, 1.807) is 26.2 Å². The largest absolute Gasteiger partial charge is 0.493 e. The smallest absolute Gasteiger partial charge is 0.257 e. The van der Waals surface area contributed by atoms with Gasteiger partial charge < -0.3 is 19.3 Å². The maximum Gasteiger partial charge on any atom is 0.257 e. The van der Waals surface area contributed by atoms with Crippen LogP contribution >= 0.6 is 11.6 Å². The standard InChI is InChI=1S/C21H21ClN2O4/c1-4-27-17-10-9-14(11-18(17)26-3)12-23-21(25)19-13(2)28-24-20(19)15-7-5-6-8-16(15)22/h5-11H,4,12H2,1-3H3,(H,23,25). The molecular formula is C21H21ClN2O4. The molecule has 1 amide bonds. The number of aryl methyl sites for hydroxylation is 1. The van der Waals surface area contributed by atoms with Crippen LogP contribution in [0.5, 0.6) is 11.5 Å². The first kappa shape index (κ1) is 19.8. The zero-order chi connectivity index (χ0) is 20.1. The summed E-state index contributed by atoms with van der Waals surface area (Å²) in [6, 6.07) is 12.7. The van der Waals surface area contributed by atoms with Crippen molar-refractivity contribution >= 4 is 17.5 Å². The maximum absolute atomic E-state index is 12.8. The highest BCUT2D eigenvalue weighted by Gasteiger charge is 2.22. The monoisotopic (exact) mass is 400 g/mol. The number of nitrogens with zero attached hydrogens (tertiary/aromatic N) is 1. The second-order valence-electron chi connectivity index (χ2n) is 6.04. The van der Waals surface area contributed by atoms with Gasteiger partial charge in [-0.15, -0.1) is 0 Å². The minimum Gasteiger partial charge on any atom is -0.493 e. The quantitative estimate of drug-likeness (QED) is 0.625. The highest BCUT2D eigenvalue weighted by atomic mass is 35.5. The van der Waals surface area contributed by atoms with Crippen molar-refractivity contribution in [3.63, 3.8) is 0 Å². The van der Waals surface area contributed by atoms with Crippen LogP contribution in [0, 0.1) is 6.92 Å². The topological polar surface area (TPSA) is 73.6 Å². The van der Waals surface area contributed by atoms with Gasteiger partial charge in [0.1, 0.15) is 17.0 Å². The lowest BCUT2D eigenvalue weighted by Gasteiger charge is -2.12. The van der Waals surface area contributed by atoms with Gasteiger partial charge in [-0.05, 0) is 37.6 Å². The van der Waals surface area contributed by atoms with Crippen LogP contribution in [0.15, 0.2) is 47.0 Å². The van der Waals surface area contributed by atoms with Gasteiger partial charge in [-0.1, -0.05) is 41.0 Å². The van der Waals surface area contributed by atoms with Gasteiger partial charge in [0, 0.05) is 12.1 Å². The fourth-order valence-electron chi connectivity index (χ4n) is 2.84. The Morgan fingerprint density at radius 2 is 2.00 bits per heavy atom. The number of carbonyl (C=O) groups is 1. The Labute approximate surface area is 168 Å². The Kier molecular flexibility index (Phi) is 6.21. The van der Waals surface area contributed by atoms with Crippen LogP contribution in [-0.4, -0.2) is 24.8 Å². The molecule has 0 saturated carbocycles. The Bertz CT molecular complexity index is 984. The second-order valence-corrected chi connectivity index (χ2v) is 6.45. The molecule has 3 aromatic rings. The molecule has 0 unspecified atom stereocenters. The summed E-state index contributed by atoms with van der Waals surface area (Å²) >= 11 is 6.25. The normalized spacial score (nSPS) is 10.6. The molecule has 0 atom stereocenters. The average Bonchev–Trinajstić information content (AvgIpc) is 3.08. The summed E-state index contributed by atoms with van der Waals surface area (Å²) in [6.45, 7) is 4.46. The molecule has 1 N–H and O–H groups in total. The summed E-state index contributed by atoms with van der Waals surface area (Å²) in [5, 5.41) is 7.42. The summed E-state index contributed by atoms with van der Waals surface area (Å²) in [5.74, 6) is 1.42. The third-order valence-electron chi connectivity index (χ3n) is 4.20. The minimum atomic E-state index is -0.290. The molecule has 0 aliphatic carbocycles. The second kappa shape index (κ2) is 8.80. The third kappa shape index (κ3) is 4.12. The summed E-state index contributed by atoms with van der Waals surface area (Å²) in [7, 11) is 1.58. The lowest BCUT2D eigenvalue weighted by molar-refractivity contribution is 0.0950. The SMILES string of the molecule is CCOc1ccc(CNC(=O)c2c(-c3ccccc3Cl)noc2C)cc1OC. The molecule has 1 aromatic heterocycles. The highest BCUT2D eigenvalue weighted by Crippen LogP contribution is 2.31. The van der Waals surface area contributed by atoms with Crippen molar-refractivity contribution in [2.24, 2.45) is 0 Å². The molecule has 0 fully saturated rings. The molecule has 0 aliphatic rings. The van der Waals surface area contributed by atoms with Crippen molar-refractivity contribution in [2.45, 2.75) is 20.4 Å². The summed E-state index contributed by atoms with van der Waals surface area (Å²) < 4.78 is 16.1. The molecule has 146 valence electrons. The van der Waals surface area contributed by atoms with Crippen LogP contribution in [0.4, 0.5) is 0 Å². The summed E-state index contributed by atoms with van der Waals surface area (Å²) in [6.07, 6.45) is 0. The number of hydrogen-bond donors (Lipinski definition) is 1. The van der Waals surface area contributed by atoms with E-state index in [-0.39, 0.29) is 5.91 Å². The zero-order valence-electron chi connectivity index (χ0n) is 15.9. The van der Waals surface area contributed by atoms with Crippen molar-refractivity contribution in [3.8, 4) is 22.8 Å². The van der Waals surface area contributed by atoms with E-state index in [9.17, 15) is 4.79 Å². The third-order valence-corrected chi connectivity index (χ3v) is 4.53. The number of rotatable bonds is 7. The van der Waals surface area contributed by atoms with Crippen molar-refractivity contribution in [1.29, 1.82) is 0 Å². The van der Waals surface area contributed by atoms with Crippen molar-refractivity contribution in [2.75, 3.05) is 13.7 Å². The van der Waals surface area contributed by atoms with Gasteiger partial charge in [0.15, 0.2) is 11.5 Å². The van der Waals surface area contributed by atoms with Gasteiger partial charge >= 0.3 is 0 Å². The van der Waals surface area contributed by atoms with E-state index in [4.69, 9.17) is 25.6 Å². The molecule has 28 heavy (non-hydrogen) atoms. The van der Waals surface area contributed by atoms with E-state index in [0.717, 1.165) is 5.56 Å². The van der Waals surface area contributed by atoms with E-state index in [1.807, 2.05) is 37.3 Å². The minimum absolute atomic E-state index is 0.290. The number of carbonyl (C=O) groups excluding carboxylic acids is 1. The van der Waals surface area contributed by atoms with Gasteiger partial charge in [-0.2, -0.15) is 0 Å². The van der Waals surface area contributed by atoms with E-state index < -0.39 is 0 Å². The van der Waals surface area contributed by atoms with Crippen LogP contribution in [0.1, 0.15) is 28.6 Å². The molecule has 0 saturated heterocycles. The van der Waals surface area contributed by atoms with E-state index in [0.29, 0.717) is 52.3 Å². The molecule has 6 nitrogen and oxygen atoms in total. The van der Waals surface area contributed by atoms with Gasteiger partial charge in [-0.25, -0.2) is 0 Å². The molecule has 2 aromatic carbocycles. The van der Waals surface area contributed by atoms with Crippen molar-refractivity contribution < 1.29 is 18.8 Å². The number of ether oxygens (including phenoxy) is 2. The van der Waals surface area contributed by atoms with Crippen LogP contribution < -0.4 is 14.8 Å². The lowest BCUT2D eigenvalue weighted by atomic mass is 10.1. The van der Waals surface area contributed by atoms with Crippen LogP contribution in [0.3, 0.4) is 0 Å². The Balaban J connectivity index is 1.80. The lowest BCUT2D eigenvalue weighted by Crippen LogP contribution is -2.23. The highest BCUT2D eigenvalue weighted by molar-refractivity contribution is 6.33. The predicted molar refractivity (Wildman–Crippen MR) is 107 cm³/mol. The first-order valence-corrected chi connectivity index (χ1v) is 9.22. The van der Waals surface area contributed by atoms with Crippen molar-refractivity contribution in [1.82, 2.24) is 10.5 Å². The molecule has 0 aliphatic heterocycles. The number of methoxy groups -OCH3 is 1. The molecule has 0 spiro atoms. The van der Waals surface area contributed by atoms with Crippen LogP contribution in [-0.2, 0) is 6.54 Å². The van der Waals surface area contributed by atoms with Gasteiger partial charge in [0.05, 0.1) is 18.7 Å². The first-order valence-electron chi connectivity index (χ1n) is 8.84. The van der Waals surface area contributed by atoms with Crippen LogP contribution in [0.2, 0.25) is 5.02 Å². The molecule has 1 heterocycles. The van der Waals surface area contributed by atoms with E-state index in [1.165, 1.54) is 0 Å². The number of benzene rings is 2. The molecule has 0 bridgehead atoms. The first-order chi connectivity index (χ1) is 13.5. The number of hydrogen-bond acceptors (Lipinski definition) is 5. The molecule has 0 radical (unpaired) electrons. The Hall–Kier alpha value is -2.99. The molecule has 7 heteroatoms. The fraction of sp³-hybridized carbons (Fsp3) is 0.238. The summed E-state index contributed by atoms with van der Waals surface area (Å²) in [5.41, 5.74) is 2.31. The predicted octanol–water partition coefficient (Wildman–Crippen LogP) is 4.64. The molecule has 3 rings (SSSR count). The fourth-order valence-corrected chi connectivity index (χ4v) is 3.07. The zero-order valence-corrected chi connectivity index (χ0v) is 16.7. The maximum atomic E-state index is 12.8. The van der Waals surface area contributed by atoms with Gasteiger partial charge in [-0.3, -0.25) is 4.79 Å². The Morgan fingerprint density at radius 3 is 2.71 bits per heavy atom. The average molecular weight is 401 g/mol. The molecular weight excluding hydrogens is 380 g/mol. The van der Waals surface area contributed by atoms with E-state index in [2.05, 4.69) is 10.5 Å². The number of amides is 1. The van der Waals surface area contributed by atoms with Crippen LogP contribution in [0.25, 0.3) is 11.3 Å². The number of aromatic nitrogens is 1.